The van der Waals surface area contributed by atoms with E-state index in [1.165, 1.54) is 11.5 Å². The van der Waals surface area contributed by atoms with Gasteiger partial charge in [-0.2, -0.15) is 0 Å². The van der Waals surface area contributed by atoms with Crippen molar-refractivity contribution < 1.29 is 106 Å². The molecule has 0 saturated carbocycles. The maximum Gasteiger partial charge on any atom is 1.00 e. The summed E-state index contributed by atoms with van der Waals surface area (Å²) in [6.07, 6.45) is 0. The molecule has 0 radical (unpaired) electrons. The monoisotopic (exact) mass is 230 g/mol. The van der Waals surface area contributed by atoms with Crippen LogP contribution in [0.25, 0.3) is 0 Å². The Morgan fingerprint density at radius 1 is 1.33 bits per heavy atom. The molecule has 2 N–H and O–H groups in total. The minimum Gasteiger partial charge on any atom is -1.00 e. The molecule has 0 aromatic carbocycles. The Kier molecular flexibility index (Phi) is 13.0. The van der Waals surface area contributed by atoms with Gasteiger partial charge in [0.15, 0.2) is 0 Å². The topological polar surface area (TPSA) is 31.6 Å². The second-order valence-electron chi connectivity index (χ2n) is 0.946. The molecule has 0 saturated heterocycles. The summed E-state index contributed by atoms with van der Waals surface area (Å²) in [7, 11) is 0. The number of hydrogen-bond acceptors (Lipinski definition) is 3. The van der Waals surface area contributed by atoms with Crippen molar-refractivity contribution in [3.8, 4) is 0 Å². The summed E-state index contributed by atoms with van der Waals surface area (Å²) in [5, 5.41) is 2.67. The number of aromatic amines is 2. The van der Waals surface area contributed by atoms with Gasteiger partial charge in [0.1, 0.15) is 8.46 Å². The van der Waals surface area contributed by atoms with Gasteiger partial charge < -0.3 is 2.85 Å². The maximum absolute atomic E-state index is 4.74. The van der Waals surface area contributed by atoms with Crippen molar-refractivity contribution in [2.24, 2.45) is 0 Å². The van der Waals surface area contributed by atoms with Crippen LogP contribution < -0.4 is 103 Å². The van der Waals surface area contributed by atoms with Crippen molar-refractivity contribution in [3.63, 3.8) is 0 Å². The molecule has 0 unspecified atom stereocenters. The molecule has 0 aliphatic heterocycles. The first-order chi connectivity index (χ1) is 3.30. The minimum atomic E-state index is 0. The Morgan fingerprint density at radius 2 is 1.89 bits per heavy atom. The van der Waals surface area contributed by atoms with Crippen LogP contribution in [0.5, 0.6) is 0 Å². The number of rotatable bonds is 0. The molecular weight excluding hydrogens is 226 g/mol. The van der Waals surface area contributed by atoms with E-state index in [0.717, 1.165) is 3.82 Å². The molecule has 42 valence electrons. The third-order valence-electron chi connectivity index (χ3n) is 0.494. The number of aromatic nitrogens is 2. The van der Waals surface area contributed by atoms with E-state index in [2.05, 4.69) is 9.59 Å². The van der Waals surface area contributed by atoms with E-state index in [1.807, 2.05) is 0 Å². The molecule has 9 heavy (non-hydrogen) atoms. The van der Waals surface area contributed by atoms with Crippen molar-refractivity contribution in [3.05, 3.63) is 8.46 Å². The van der Waals surface area contributed by atoms with Crippen LogP contribution in [0.3, 0.4) is 0 Å². The first kappa shape index (κ1) is 14.8. The van der Waals surface area contributed by atoms with Crippen LogP contribution in [-0.4, -0.2) is 9.59 Å². The fourth-order valence-corrected chi connectivity index (χ4v) is 1.02. The first-order valence-electron chi connectivity index (χ1n) is 1.57. The van der Waals surface area contributed by atoms with Gasteiger partial charge in [-0.15, -0.1) is 0 Å². The molecule has 2 nitrogen and oxygen atoms in total. The molecule has 1 aromatic rings. The largest absolute Gasteiger partial charge is 1.00 e. The van der Waals surface area contributed by atoms with E-state index in [-0.39, 0.29) is 106 Å². The molecule has 7 heteroatoms. The predicted octanol–water partition coefficient (Wildman–Crippen LogP) is -3.90. The van der Waals surface area contributed by atoms with Crippen molar-refractivity contribution >= 4 is 36.0 Å². The van der Waals surface area contributed by atoms with Gasteiger partial charge in [0.25, 0.3) is 0 Å². The summed E-state index contributed by atoms with van der Waals surface area (Å²) >= 11 is 10.8. The second kappa shape index (κ2) is 7.90. The van der Waals surface area contributed by atoms with Crippen molar-refractivity contribution in [2.75, 3.05) is 0 Å². The Bertz CT molecular complexity index is 230. The smallest absolute Gasteiger partial charge is 1.00 e. The maximum atomic E-state index is 4.74. The van der Waals surface area contributed by atoms with Crippen LogP contribution in [0.2, 0.25) is 0 Å². The molecule has 0 fully saturated rings. The third kappa shape index (κ3) is 5.50. The molecule has 0 atom stereocenters. The van der Waals surface area contributed by atoms with Crippen LogP contribution in [0, 0.1) is 8.46 Å². The van der Waals surface area contributed by atoms with Crippen LogP contribution in [0.1, 0.15) is 2.85 Å². The summed E-state index contributed by atoms with van der Waals surface area (Å²) in [6, 6.07) is 0. The Labute approximate surface area is 155 Å². The minimum absolute atomic E-state index is 0. The van der Waals surface area contributed by atoms with Crippen LogP contribution in [0.15, 0.2) is 0 Å². The SMILES string of the molecule is S=c1[nH][nH]sc1=S.[H-].[H-].[K+].[K+]. The Balaban J connectivity index is -0.0000000612. The predicted molar refractivity (Wildman–Crippen MR) is 36.9 cm³/mol. The van der Waals surface area contributed by atoms with Gasteiger partial charge in [-0.25, -0.2) is 0 Å². The molecule has 0 amide bonds. The van der Waals surface area contributed by atoms with E-state index in [1.54, 1.807) is 0 Å². The summed E-state index contributed by atoms with van der Waals surface area (Å²) in [6.45, 7) is 0. The van der Waals surface area contributed by atoms with Gasteiger partial charge >= 0.3 is 103 Å². The van der Waals surface area contributed by atoms with E-state index in [4.69, 9.17) is 24.4 Å². The number of H-pyrrole nitrogens is 2. The summed E-state index contributed by atoms with van der Waals surface area (Å²) in [4.78, 5) is 0. The van der Waals surface area contributed by atoms with Crippen molar-refractivity contribution in [1.82, 2.24) is 9.59 Å². The van der Waals surface area contributed by atoms with Gasteiger partial charge in [0.05, 0.1) is 0 Å². The summed E-state index contributed by atoms with van der Waals surface area (Å²) < 4.78 is 4.05. The normalized spacial score (nSPS) is 7.11. The summed E-state index contributed by atoms with van der Waals surface area (Å²) in [5.74, 6) is 0. The van der Waals surface area contributed by atoms with Crippen LogP contribution in [-0.2, 0) is 0 Å². The van der Waals surface area contributed by atoms with E-state index >= 15 is 0 Å². The third-order valence-corrected chi connectivity index (χ3v) is 2.11. The molecule has 0 aliphatic rings. The van der Waals surface area contributed by atoms with Gasteiger partial charge in [-0.05, 0) is 11.5 Å². The standard InChI is InChI=1S/C2H2N2S3.2K.2H/c5-1-2(6)7-4-3-1;;;;/h4H,(H,3,5);;;;/q;2*+1;2*-1. The van der Waals surface area contributed by atoms with Crippen molar-refractivity contribution in [1.29, 1.82) is 0 Å². The van der Waals surface area contributed by atoms with E-state index in [0.29, 0.717) is 4.64 Å². The molecular formula is C2H4K2N2S3. The first-order valence-corrected chi connectivity index (χ1v) is 3.20. The second-order valence-corrected chi connectivity index (χ2v) is 2.84. The summed E-state index contributed by atoms with van der Waals surface area (Å²) in [5.41, 5.74) is 0. The fourth-order valence-electron chi connectivity index (χ4n) is 0.216. The zero-order chi connectivity index (χ0) is 5.28. The quantitative estimate of drug-likeness (QED) is 0.353. The molecule has 0 bridgehead atoms. The van der Waals surface area contributed by atoms with Gasteiger partial charge in [-0.3, -0.25) is 9.59 Å². The molecule has 1 rings (SSSR count). The zero-order valence-electron chi connectivity index (χ0n) is 7.22. The molecule has 0 aliphatic carbocycles. The number of hydrogen-bond donors (Lipinski definition) is 2. The van der Waals surface area contributed by atoms with E-state index in [9.17, 15) is 0 Å². The van der Waals surface area contributed by atoms with Crippen molar-refractivity contribution in [2.45, 2.75) is 0 Å². The average Bonchev–Trinajstić information content (AvgIpc) is 1.91. The zero-order valence-corrected chi connectivity index (χ0v) is 13.9. The average molecular weight is 230 g/mol. The van der Waals surface area contributed by atoms with Gasteiger partial charge in [0.2, 0.25) is 0 Å². The van der Waals surface area contributed by atoms with Crippen LogP contribution >= 0.6 is 36.0 Å². The molecule has 0 spiro atoms. The molecule has 1 aromatic heterocycles. The number of nitrogens with one attached hydrogen (secondary N) is 2. The fraction of sp³-hybridized carbons (Fsp3) is 0. The van der Waals surface area contributed by atoms with Gasteiger partial charge in [0, 0.05) is 0 Å². The Morgan fingerprint density at radius 3 is 2.00 bits per heavy atom. The van der Waals surface area contributed by atoms with Crippen LogP contribution in [0.4, 0.5) is 0 Å². The molecule has 1 heterocycles. The Hall–Kier alpha value is 3.27. The van der Waals surface area contributed by atoms with Gasteiger partial charge in [-0.1, -0.05) is 24.4 Å². The van der Waals surface area contributed by atoms with E-state index < -0.39 is 0 Å².